The van der Waals surface area contributed by atoms with E-state index in [1.807, 2.05) is 36.1 Å². The summed E-state index contributed by atoms with van der Waals surface area (Å²) in [6.45, 7) is 3.77. The topological polar surface area (TPSA) is 68.5 Å². The number of aromatic nitrogens is 2. The van der Waals surface area contributed by atoms with Crippen LogP contribution in [0.3, 0.4) is 0 Å². The SMILES string of the molecule is CCOc1ccc(-c2noc(C3CC(=O)N(Cc4ccc(SC)cc4)C3)n2)cc1. The maximum atomic E-state index is 12.5. The highest BCUT2D eigenvalue weighted by molar-refractivity contribution is 7.98. The summed E-state index contributed by atoms with van der Waals surface area (Å²) >= 11 is 1.71. The molecule has 1 saturated heterocycles. The molecule has 1 aliphatic rings. The maximum Gasteiger partial charge on any atom is 0.232 e. The van der Waals surface area contributed by atoms with Crippen LogP contribution in [-0.4, -0.2) is 40.4 Å². The van der Waals surface area contributed by atoms with E-state index in [1.165, 1.54) is 4.90 Å². The van der Waals surface area contributed by atoms with Crippen molar-refractivity contribution in [3.8, 4) is 17.1 Å². The molecule has 4 rings (SSSR count). The molecule has 1 amide bonds. The Kier molecular flexibility index (Phi) is 5.85. The fourth-order valence-corrected chi connectivity index (χ4v) is 3.84. The third-order valence-corrected chi connectivity index (χ3v) is 5.71. The van der Waals surface area contributed by atoms with Crippen LogP contribution < -0.4 is 4.74 Å². The van der Waals surface area contributed by atoms with Crippen LogP contribution in [0.4, 0.5) is 0 Å². The lowest BCUT2D eigenvalue weighted by Crippen LogP contribution is -2.24. The third kappa shape index (κ3) is 4.45. The molecular weight excluding hydrogens is 386 g/mol. The average molecular weight is 410 g/mol. The molecule has 3 aromatic rings. The van der Waals surface area contributed by atoms with Crippen molar-refractivity contribution in [1.82, 2.24) is 15.0 Å². The quantitative estimate of drug-likeness (QED) is 0.540. The van der Waals surface area contributed by atoms with Gasteiger partial charge < -0.3 is 14.2 Å². The Bertz CT molecular complexity index is 970. The number of carbonyl (C=O) groups is 1. The van der Waals surface area contributed by atoms with Crippen LogP contribution in [0.2, 0.25) is 0 Å². The number of hydrogen-bond donors (Lipinski definition) is 0. The second-order valence-corrected chi connectivity index (χ2v) is 7.82. The third-order valence-electron chi connectivity index (χ3n) is 4.96. The predicted molar refractivity (Wildman–Crippen MR) is 112 cm³/mol. The summed E-state index contributed by atoms with van der Waals surface area (Å²) in [5.74, 6) is 1.90. The Morgan fingerprint density at radius 2 is 1.93 bits per heavy atom. The average Bonchev–Trinajstić information content (AvgIpc) is 3.37. The molecule has 0 spiro atoms. The van der Waals surface area contributed by atoms with Gasteiger partial charge in [-0.15, -0.1) is 11.8 Å². The summed E-state index contributed by atoms with van der Waals surface area (Å²) in [6.07, 6.45) is 2.45. The standard InChI is InChI=1S/C22H23N3O3S/c1-3-27-18-8-6-16(7-9-18)21-23-22(28-24-21)17-12-20(26)25(14-17)13-15-4-10-19(29-2)11-5-15/h4-11,17H,3,12-14H2,1-2H3. The van der Waals surface area contributed by atoms with E-state index in [9.17, 15) is 4.79 Å². The van der Waals surface area contributed by atoms with E-state index in [4.69, 9.17) is 9.26 Å². The van der Waals surface area contributed by atoms with Gasteiger partial charge in [-0.05, 0) is 55.1 Å². The number of hydrogen-bond acceptors (Lipinski definition) is 6. The second-order valence-electron chi connectivity index (χ2n) is 6.94. The van der Waals surface area contributed by atoms with Crippen molar-refractivity contribution < 1.29 is 14.1 Å². The van der Waals surface area contributed by atoms with Gasteiger partial charge in [0.15, 0.2) is 0 Å². The summed E-state index contributed by atoms with van der Waals surface area (Å²) in [6, 6.07) is 15.9. The highest BCUT2D eigenvalue weighted by Crippen LogP contribution is 2.30. The monoisotopic (exact) mass is 409 g/mol. The molecule has 7 heteroatoms. The van der Waals surface area contributed by atoms with Crippen molar-refractivity contribution in [2.45, 2.75) is 30.7 Å². The number of thioether (sulfide) groups is 1. The number of ether oxygens (including phenoxy) is 1. The zero-order chi connectivity index (χ0) is 20.2. The molecule has 1 unspecified atom stereocenters. The van der Waals surface area contributed by atoms with Crippen LogP contribution in [0.15, 0.2) is 57.9 Å². The first-order valence-corrected chi connectivity index (χ1v) is 10.9. The van der Waals surface area contributed by atoms with Gasteiger partial charge in [-0.25, -0.2) is 0 Å². The van der Waals surface area contributed by atoms with E-state index in [0.717, 1.165) is 16.9 Å². The van der Waals surface area contributed by atoms with Crippen molar-refractivity contribution in [3.05, 3.63) is 60.0 Å². The molecule has 2 aromatic carbocycles. The Labute approximate surface area is 174 Å². The molecule has 0 bridgehead atoms. The first-order chi connectivity index (χ1) is 14.2. The predicted octanol–water partition coefficient (Wildman–Crippen LogP) is 4.37. The molecule has 1 aliphatic heterocycles. The minimum atomic E-state index is -0.0723. The van der Waals surface area contributed by atoms with Crippen molar-refractivity contribution in [3.63, 3.8) is 0 Å². The molecule has 2 heterocycles. The zero-order valence-electron chi connectivity index (χ0n) is 16.5. The first kappa shape index (κ1) is 19.5. The van der Waals surface area contributed by atoms with E-state index < -0.39 is 0 Å². The highest BCUT2D eigenvalue weighted by Gasteiger charge is 2.34. The number of amides is 1. The van der Waals surface area contributed by atoms with Gasteiger partial charge >= 0.3 is 0 Å². The van der Waals surface area contributed by atoms with Gasteiger partial charge in [-0.2, -0.15) is 4.98 Å². The molecule has 0 N–H and O–H groups in total. The number of nitrogens with zero attached hydrogens (tertiary/aromatic N) is 3. The van der Waals surface area contributed by atoms with E-state index in [0.29, 0.717) is 37.8 Å². The molecule has 29 heavy (non-hydrogen) atoms. The van der Waals surface area contributed by atoms with Gasteiger partial charge in [0.1, 0.15) is 5.75 Å². The fourth-order valence-electron chi connectivity index (χ4n) is 3.43. The van der Waals surface area contributed by atoms with Crippen LogP contribution in [0.25, 0.3) is 11.4 Å². The number of rotatable bonds is 7. The van der Waals surface area contributed by atoms with Crippen LogP contribution in [0.5, 0.6) is 5.75 Å². The lowest BCUT2D eigenvalue weighted by molar-refractivity contribution is -0.128. The molecule has 150 valence electrons. The van der Waals surface area contributed by atoms with Crippen LogP contribution in [-0.2, 0) is 11.3 Å². The Morgan fingerprint density at radius 1 is 1.17 bits per heavy atom. The largest absolute Gasteiger partial charge is 0.494 e. The highest BCUT2D eigenvalue weighted by atomic mass is 32.2. The molecule has 1 atom stereocenters. The zero-order valence-corrected chi connectivity index (χ0v) is 17.3. The number of carbonyl (C=O) groups excluding carboxylic acids is 1. The van der Waals surface area contributed by atoms with E-state index in [1.54, 1.807) is 11.8 Å². The Morgan fingerprint density at radius 3 is 2.62 bits per heavy atom. The maximum absolute atomic E-state index is 12.5. The Hall–Kier alpha value is -2.80. The van der Waals surface area contributed by atoms with E-state index in [2.05, 4.69) is 40.7 Å². The Balaban J connectivity index is 1.42. The van der Waals surface area contributed by atoms with Gasteiger partial charge in [0.05, 0.1) is 12.5 Å². The molecule has 6 nitrogen and oxygen atoms in total. The molecule has 0 radical (unpaired) electrons. The van der Waals surface area contributed by atoms with Crippen molar-refractivity contribution >= 4 is 17.7 Å². The van der Waals surface area contributed by atoms with Gasteiger partial charge in [-0.3, -0.25) is 4.79 Å². The molecule has 0 saturated carbocycles. The van der Waals surface area contributed by atoms with Crippen molar-refractivity contribution in [2.24, 2.45) is 0 Å². The number of likely N-dealkylation sites (tertiary alicyclic amines) is 1. The van der Waals surface area contributed by atoms with Crippen LogP contribution >= 0.6 is 11.8 Å². The first-order valence-electron chi connectivity index (χ1n) is 9.63. The van der Waals surface area contributed by atoms with Gasteiger partial charge in [0.25, 0.3) is 0 Å². The van der Waals surface area contributed by atoms with Gasteiger partial charge in [0.2, 0.25) is 17.6 Å². The normalized spacial score (nSPS) is 16.4. The lowest BCUT2D eigenvalue weighted by atomic mass is 10.1. The minimum Gasteiger partial charge on any atom is -0.494 e. The lowest BCUT2D eigenvalue weighted by Gasteiger charge is -2.16. The molecule has 1 fully saturated rings. The summed E-state index contributed by atoms with van der Waals surface area (Å²) in [7, 11) is 0. The van der Waals surface area contributed by atoms with Crippen LogP contribution in [0, 0.1) is 0 Å². The van der Waals surface area contributed by atoms with Gasteiger partial charge in [-0.1, -0.05) is 17.3 Å². The number of benzene rings is 2. The molecule has 0 aliphatic carbocycles. The van der Waals surface area contributed by atoms with E-state index in [-0.39, 0.29) is 11.8 Å². The smallest absolute Gasteiger partial charge is 0.232 e. The van der Waals surface area contributed by atoms with Crippen LogP contribution in [0.1, 0.15) is 30.7 Å². The minimum absolute atomic E-state index is 0.0723. The molecule has 1 aromatic heterocycles. The van der Waals surface area contributed by atoms with E-state index >= 15 is 0 Å². The van der Waals surface area contributed by atoms with Gasteiger partial charge in [0, 0.05) is 30.0 Å². The summed E-state index contributed by atoms with van der Waals surface area (Å²) in [4.78, 5) is 20.1. The fraction of sp³-hybridized carbons (Fsp3) is 0.318. The summed E-state index contributed by atoms with van der Waals surface area (Å²) in [5.41, 5.74) is 1.98. The second kappa shape index (κ2) is 8.69. The summed E-state index contributed by atoms with van der Waals surface area (Å²) in [5, 5.41) is 4.10. The molecular formula is C22H23N3O3S. The summed E-state index contributed by atoms with van der Waals surface area (Å²) < 4.78 is 10.9. The van der Waals surface area contributed by atoms with Crippen molar-refractivity contribution in [1.29, 1.82) is 0 Å². The van der Waals surface area contributed by atoms with Crippen molar-refractivity contribution in [2.75, 3.05) is 19.4 Å².